The molecule has 1 spiro atoms. The average Bonchev–Trinajstić information content (AvgIpc) is 2.88. The number of nitrogens with zero attached hydrogens (tertiary/aromatic N) is 5. The molecule has 1 saturated heterocycles. The molecule has 0 saturated carbocycles. The summed E-state index contributed by atoms with van der Waals surface area (Å²) < 4.78 is 63.5. The third-order valence-corrected chi connectivity index (χ3v) is 6.51. The smallest absolute Gasteiger partial charge is 0.475 e. The SMILES string of the molecule is CN1CC2(CCN(Cc3cccnc3)CC2)c2nc(C(C)(C)C)ncc2C1=O.O=C(O)C(F)(F)F.O=C(O)C(F)(F)F. The minimum absolute atomic E-state index is 0.0406. The normalized spacial score (nSPS) is 16.9. The highest BCUT2D eigenvalue weighted by Crippen LogP contribution is 2.41. The summed E-state index contributed by atoms with van der Waals surface area (Å²) in [6.45, 7) is 10.00. The third-order valence-electron chi connectivity index (χ3n) is 6.51. The first-order valence-electron chi connectivity index (χ1n) is 12.5. The fourth-order valence-corrected chi connectivity index (χ4v) is 4.39. The van der Waals surface area contributed by atoms with Crippen molar-refractivity contribution in [1.82, 2.24) is 24.8 Å². The summed E-state index contributed by atoms with van der Waals surface area (Å²) in [7, 11) is 1.90. The van der Waals surface area contributed by atoms with Crippen molar-refractivity contribution < 1.29 is 50.9 Å². The summed E-state index contributed by atoms with van der Waals surface area (Å²) >= 11 is 0. The Morgan fingerprint density at radius 1 is 0.976 bits per heavy atom. The molecule has 0 bridgehead atoms. The zero-order chi connectivity index (χ0) is 32.1. The molecule has 2 aliphatic rings. The molecule has 0 unspecified atom stereocenters. The summed E-state index contributed by atoms with van der Waals surface area (Å²) in [6, 6.07) is 4.12. The summed E-state index contributed by atoms with van der Waals surface area (Å²) in [5.74, 6) is -4.65. The predicted octanol–water partition coefficient (Wildman–Crippen LogP) is 4.06. The first-order valence-corrected chi connectivity index (χ1v) is 12.5. The second-order valence-electron chi connectivity index (χ2n) is 10.9. The summed E-state index contributed by atoms with van der Waals surface area (Å²) in [6.07, 6.45) is -2.66. The quantitative estimate of drug-likeness (QED) is 0.485. The van der Waals surface area contributed by atoms with Crippen molar-refractivity contribution in [2.24, 2.45) is 0 Å². The molecule has 4 heterocycles. The number of piperidine rings is 1. The van der Waals surface area contributed by atoms with Gasteiger partial charge in [-0.1, -0.05) is 26.8 Å². The number of aromatic nitrogens is 3. The van der Waals surface area contributed by atoms with Gasteiger partial charge in [0.1, 0.15) is 5.82 Å². The molecule has 232 valence electrons. The second-order valence-corrected chi connectivity index (χ2v) is 10.9. The van der Waals surface area contributed by atoms with Crippen LogP contribution in [-0.2, 0) is 27.0 Å². The van der Waals surface area contributed by atoms with E-state index < -0.39 is 24.3 Å². The number of halogens is 6. The maximum Gasteiger partial charge on any atom is 0.490 e. The van der Waals surface area contributed by atoms with E-state index in [2.05, 4.69) is 41.7 Å². The van der Waals surface area contributed by atoms with E-state index in [9.17, 15) is 31.1 Å². The lowest BCUT2D eigenvalue weighted by atomic mass is 9.71. The number of hydrogen-bond donors (Lipinski definition) is 2. The highest BCUT2D eigenvalue weighted by atomic mass is 19.4. The van der Waals surface area contributed by atoms with Gasteiger partial charge in [-0.25, -0.2) is 19.6 Å². The molecule has 2 aliphatic heterocycles. The molecule has 2 N–H and O–H groups in total. The number of amides is 1. The van der Waals surface area contributed by atoms with Gasteiger partial charge in [0.15, 0.2) is 0 Å². The van der Waals surface area contributed by atoms with E-state index >= 15 is 0 Å². The molecular formula is C26H31F6N5O5. The predicted molar refractivity (Wildman–Crippen MR) is 136 cm³/mol. The molecule has 0 atom stereocenters. The number of pyridine rings is 1. The molecular weight excluding hydrogens is 576 g/mol. The van der Waals surface area contributed by atoms with Crippen LogP contribution in [0.3, 0.4) is 0 Å². The van der Waals surface area contributed by atoms with E-state index in [1.165, 1.54) is 5.56 Å². The van der Waals surface area contributed by atoms with Crippen LogP contribution < -0.4 is 0 Å². The lowest BCUT2D eigenvalue weighted by Crippen LogP contribution is -2.54. The van der Waals surface area contributed by atoms with E-state index in [1.54, 1.807) is 6.20 Å². The van der Waals surface area contributed by atoms with E-state index in [1.807, 2.05) is 30.4 Å². The van der Waals surface area contributed by atoms with Crippen molar-refractivity contribution >= 4 is 17.8 Å². The van der Waals surface area contributed by atoms with Gasteiger partial charge >= 0.3 is 24.3 Å². The minimum Gasteiger partial charge on any atom is -0.475 e. The van der Waals surface area contributed by atoms with Crippen LogP contribution in [0.1, 0.15) is 61.1 Å². The Balaban J connectivity index is 0.000000367. The number of fused-ring (bicyclic) bond motifs is 2. The first kappa shape index (κ1) is 34.4. The number of carboxylic acid groups (broad SMARTS) is 2. The molecule has 42 heavy (non-hydrogen) atoms. The van der Waals surface area contributed by atoms with Gasteiger partial charge in [-0.05, 0) is 37.6 Å². The number of likely N-dealkylation sites (tertiary alicyclic amines) is 1. The number of carbonyl (C=O) groups excluding carboxylic acids is 1. The van der Waals surface area contributed by atoms with Crippen molar-refractivity contribution in [2.45, 2.75) is 63.3 Å². The van der Waals surface area contributed by atoms with Crippen LogP contribution in [0.25, 0.3) is 0 Å². The van der Waals surface area contributed by atoms with Crippen LogP contribution >= 0.6 is 0 Å². The molecule has 0 radical (unpaired) electrons. The maximum absolute atomic E-state index is 12.7. The van der Waals surface area contributed by atoms with Crippen LogP contribution in [0.15, 0.2) is 30.7 Å². The molecule has 0 aromatic carbocycles. The molecule has 16 heteroatoms. The molecule has 4 rings (SSSR count). The number of likely N-dealkylation sites (N-methyl/N-ethyl adjacent to an activating group) is 1. The van der Waals surface area contributed by atoms with E-state index in [-0.39, 0.29) is 16.7 Å². The van der Waals surface area contributed by atoms with Gasteiger partial charge in [-0.2, -0.15) is 26.3 Å². The van der Waals surface area contributed by atoms with Gasteiger partial charge in [-0.3, -0.25) is 14.7 Å². The minimum atomic E-state index is -5.08. The number of hydrogen-bond acceptors (Lipinski definition) is 7. The summed E-state index contributed by atoms with van der Waals surface area (Å²) in [5, 5.41) is 14.2. The van der Waals surface area contributed by atoms with E-state index in [0.29, 0.717) is 5.56 Å². The molecule has 0 aliphatic carbocycles. The van der Waals surface area contributed by atoms with Gasteiger partial charge in [0.2, 0.25) is 0 Å². The maximum atomic E-state index is 12.7. The molecule has 2 aromatic heterocycles. The Morgan fingerprint density at radius 2 is 1.50 bits per heavy atom. The van der Waals surface area contributed by atoms with Gasteiger partial charge in [0.25, 0.3) is 5.91 Å². The van der Waals surface area contributed by atoms with Crippen molar-refractivity contribution in [1.29, 1.82) is 0 Å². The van der Waals surface area contributed by atoms with Crippen LogP contribution in [0, 0.1) is 0 Å². The topological polar surface area (TPSA) is 137 Å². The van der Waals surface area contributed by atoms with Gasteiger partial charge in [-0.15, -0.1) is 0 Å². The van der Waals surface area contributed by atoms with Crippen LogP contribution in [-0.4, -0.2) is 91.8 Å². The number of aliphatic carboxylic acids is 2. The number of alkyl halides is 6. The lowest BCUT2D eigenvalue weighted by molar-refractivity contribution is -0.193. The largest absolute Gasteiger partial charge is 0.490 e. The van der Waals surface area contributed by atoms with E-state index in [4.69, 9.17) is 24.8 Å². The fourth-order valence-electron chi connectivity index (χ4n) is 4.39. The van der Waals surface area contributed by atoms with Crippen LogP contribution in [0.4, 0.5) is 26.3 Å². The van der Waals surface area contributed by atoms with Gasteiger partial charge in [0.05, 0.1) is 11.3 Å². The highest BCUT2D eigenvalue weighted by molar-refractivity contribution is 5.96. The Kier molecular flexibility index (Phi) is 10.6. The van der Waals surface area contributed by atoms with Crippen LogP contribution in [0.2, 0.25) is 0 Å². The van der Waals surface area contributed by atoms with E-state index in [0.717, 1.165) is 50.5 Å². The summed E-state index contributed by atoms with van der Waals surface area (Å²) in [4.78, 5) is 48.6. The van der Waals surface area contributed by atoms with Crippen molar-refractivity contribution in [2.75, 3.05) is 26.7 Å². The summed E-state index contributed by atoms with van der Waals surface area (Å²) in [5.41, 5.74) is 2.68. The van der Waals surface area contributed by atoms with Gasteiger partial charge < -0.3 is 15.1 Å². The molecule has 1 amide bonds. The van der Waals surface area contributed by atoms with Crippen molar-refractivity contribution in [3.8, 4) is 0 Å². The lowest BCUT2D eigenvalue weighted by Gasteiger charge is -2.46. The van der Waals surface area contributed by atoms with Crippen molar-refractivity contribution in [3.63, 3.8) is 0 Å². The standard InChI is InChI=1S/C22H29N5O.2C2HF3O2/c1-21(2,3)20-24-13-17-18(25-20)22(15-26(4)19(17)28)7-10-27(11-8-22)14-16-6-5-9-23-12-16;2*3-2(4,5)1(6)7/h5-6,9,12-13H,7-8,10-11,14-15H2,1-4H3;2*(H,6,7). The third kappa shape index (κ3) is 9.09. The zero-order valence-corrected chi connectivity index (χ0v) is 23.3. The molecule has 1 fully saturated rings. The Labute approximate surface area is 237 Å². The second kappa shape index (κ2) is 13.0. The fraction of sp³-hybridized carbons (Fsp3) is 0.538. The Hall–Kier alpha value is -3.82. The number of carbonyl (C=O) groups is 3. The van der Waals surface area contributed by atoms with Gasteiger partial charge in [0, 0.05) is 49.6 Å². The van der Waals surface area contributed by atoms with Crippen molar-refractivity contribution in [3.05, 3.63) is 53.4 Å². The monoisotopic (exact) mass is 607 g/mol. The molecule has 10 nitrogen and oxygen atoms in total. The first-order chi connectivity index (χ1) is 19.2. The Bertz CT molecular complexity index is 1230. The zero-order valence-electron chi connectivity index (χ0n) is 23.3. The average molecular weight is 608 g/mol. The Morgan fingerprint density at radius 3 is 1.93 bits per heavy atom. The highest BCUT2D eigenvalue weighted by Gasteiger charge is 2.46. The molecule has 2 aromatic rings. The van der Waals surface area contributed by atoms with Crippen LogP contribution in [0.5, 0.6) is 0 Å². The number of carboxylic acids is 2. The number of rotatable bonds is 2.